The number of carbonyl (C=O) groups excluding carboxylic acids is 1. The predicted octanol–water partition coefficient (Wildman–Crippen LogP) is 2.84. The molecule has 11 nitrogen and oxygen atoms in total. The minimum absolute atomic E-state index is 0.169. The molecule has 3 aromatic heterocycles. The zero-order chi connectivity index (χ0) is 24.4. The standard InChI is InChI=1S/C22H18ClN7O4/c1-12(18(15-5-3-4-6-16(15)23)30-14(9-24)7-8-25-30)20-28-17(19(31)22(33)29(20)2)21(32)27-13-10-26-34-11-13/h3-8,10-12,18,31H,1-2H3,(H,27,32). The number of benzene rings is 1. The van der Waals surface area contributed by atoms with Crippen molar-refractivity contribution in [3.8, 4) is 11.8 Å². The molecule has 1 amide bonds. The van der Waals surface area contributed by atoms with Gasteiger partial charge in [0.25, 0.3) is 11.5 Å². The van der Waals surface area contributed by atoms with E-state index in [0.29, 0.717) is 10.6 Å². The summed E-state index contributed by atoms with van der Waals surface area (Å²) >= 11 is 6.49. The summed E-state index contributed by atoms with van der Waals surface area (Å²) in [7, 11) is 1.43. The molecule has 34 heavy (non-hydrogen) atoms. The van der Waals surface area contributed by atoms with Crippen LogP contribution in [0.1, 0.15) is 46.5 Å². The Morgan fingerprint density at radius 1 is 1.32 bits per heavy atom. The van der Waals surface area contributed by atoms with Gasteiger partial charge in [-0.3, -0.25) is 14.2 Å². The highest BCUT2D eigenvalue weighted by Gasteiger charge is 2.32. The van der Waals surface area contributed by atoms with Gasteiger partial charge in [0.15, 0.2) is 5.69 Å². The van der Waals surface area contributed by atoms with Gasteiger partial charge in [0.2, 0.25) is 5.75 Å². The molecule has 0 saturated heterocycles. The number of nitriles is 1. The third-order valence-electron chi connectivity index (χ3n) is 5.36. The van der Waals surface area contributed by atoms with Crippen LogP contribution in [-0.4, -0.2) is 35.5 Å². The number of hydrogen-bond donors (Lipinski definition) is 2. The largest absolute Gasteiger partial charge is 0.501 e. The summed E-state index contributed by atoms with van der Waals surface area (Å²) in [6, 6.07) is 10.0. The number of anilines is 1. The minimum Gasteiger partial charge on any atom is -0.501 e. The first-order valence-electron chi connectivity index (χ1n) is 10.0. The third kappa shape index (κ3) is 4.02. The average molecular weight is 480 g/mol. The number of halogens is 1. The highest BCUT2D eigenvalue weighted by atomic mass is 35.5. The minimum atomic E-state index is -0.821. The van der Waals surface area contributed by atoms with Gasteiger partial charge in [-0.15, -0.1) is 0 Å². The molecule has 0 saturated carbocycles. The molecule has 0 aliphatic heterocycles. The van der Waals surface area contributed by atoms with E-state index in [4.69, 9.17) is 11.6 Å². The van der Waals surface area contributed by atoms with Crippen LogP contribution in [0.5, 0.6) is 5.75 Å². The van der Waals surface area contributed by atoms with Crippen molar-refractivity contribution in [2.24, 2.45) is 7.05 Å². The summed E-state index contributed by atoms with van der Waals surface area (Å²) < 4.78 is 7.32. The Kier molecular flexibility index (Phi) is 6.16. The number of aromatic nitrogens is 5. The Labute approximate surface area is 197 Å². The van der Waals surface area contributed by atoms with Crippen molar-refractivity contribution in [1.29, 1.82) is 5.26 Å². The van der Waals surface area contributed by atoms with Crippen LogP contribution in [0.3, 0.4) is 0 Å². The molecule has 3 heterocycles. The second-order valence-corrected chi connectivity index (χ2v) is 7.83. The Morgan fingerprint density at radius 3 is 2.76 bits per heavy atom. The molecule has 0 fully saturated rings. The van der Waals surface area contributed by atoms with Crippen LogP contribution in [0.25, 0.3) is 0 Å². The van der Waals surface area contributed by atoms with Crippen molar-refractivity contribution in [1.82, 2.24) is 24.5 Å². The number of rotatable bonds is 6. The average Bonchev–Trinajstić information content (AvgIpc) is 3.51. The highest BCUT2D eigenvalue weighted by molar-refractivity contribution is 6.31. The number of amides is 1. The summed E-state index contributed by atoms with van der Waals surface area (Å²) in [6.45, 7) is 1.76. The Balaban J connectivity index is 1.86. The van der Waals surface area contributed by atoms with Gasteiger partial charge < -0.3 is 14.9 Å². The Morgan fingerprint density at radius 2 is 2.09 bits per heavy atom. The highest BCUT2D eigenvalue weighted by Crippen LogP contribution is 2.37. The molecule has 2 N–H and O–H groups in total. The van der Waals surface area contributed by atoms with Crippen molar-refractivity contribution < 1.29 is 14.4 Å². The summed E-state index contributed by atoms with van der Waals surface area (Å²) in [5.74, 6) is -2.08. The summed E-state index contributed by atoms with van der Waals surface area (Å²) in [6.07, 6.45) is 3.93. The number of hydrogen-bond acceptors (Lipinski definition) is 8. The molecule has 4 rings (SSSR count). The van der Waals surface area contributed by atoms with Crippen LogP contribution in [0.4, 0.5) is 5.69 Å². The monoisotopic (exact) mass is 479 g/mol. The fourth-order valence-corrected chi connectivity index (χ4v) is 3.97. The smallest absolute Gasteiger partial charge is 0.296 e. The van der Waals surface area contributed by atoms with E-state index in [9.17, 15) is 20.0 Å². The van der Waals surface area contributed by atoms with E-state index in [1.165, 1.54) is 30.4 Å². The van der Waals surface area contributed by atoms with Crippen LogP contribution in [0.15, 0.2) is 58.3 Å². The lowest BCUT2D eigenvalue weighted by Crippen LogP contribution is -2.31. The van der Waals surface area contributed by atoms with Crippen molar-refractivity contribution in [2.45, 2.75) is 18.9 Å². The van der Waals surface area contributed by atoms with Crippen molar-refractivity contribution in [3.63, 3.8) is 0 Å². The molecule has 0 spiro atoms. The second-order valence-electron chi connectivity index (χ2n) is 7.43. The van der Waals surface area contributed by atoms with Gasteiger partial charge in [-0.2, -0.15) is 10.4 Å². The van der Waals surface area contributed by atoms with Gasteiger partial charge in [0.05, 0.1) is 18.4 Å². The zero-order valence-corrected chi connectivity index (χ0v) is 18.8. The molecule has 0 radical (unpaired) electrons. The molecular weight excluding hydrogens is 462 g/mol. The van der Waals surface area contributed by atoms with Gasteiger partial charge in [-0.25, -0.2) is 9.67 Å². The molecule has 2 unspecified atom stereocenters. The molecule has 2 atom stereocenters. The molecule has 0 aliphatic rings. The number of nitrogens with zero attached hydrogens (tertiary/aromatic N) is 6. The Bertz CT molecular complexity index is 1450. The van der Waals surface area contributed by atoms with E-state index in [1.807, 2.05) is 0 Å². The molecule has 4 aromatic rings. The molecule has 172 valence electrons. The predicted molar refractivity (Wildman–Crippen MR) is 121 cm³/mol. The van der Waals surface area contributed by atoms with Gasteiger partial charge >= 0.3 is 0 Å². The first kappa shape index (κ1) is 22.8. The molecular formula is C22H18ClN7O4. The summed E-state index contributed by atoms with van der Waals surface area (Å²) in [4.78, 5) is 29.9. The maximum absolute atomic E-state index is 12.8. The fourth-order valence-electron chi connectivity index (χ4n) is 3.72. The molecule has 12 heteroatoms. The van der Waals surface area contributed by atoms with Gasteiger partial charge in [-0.05, 0) is 17.7 Å². The van der Waals surface area contributed by atoms with Crippen molar-refractivity contribution in [2.75, 3.05) is 5.32 Å². The van der Waals surface area contributed by atoms with Crippen LogP contribution in [0.2, 0.25) is 5.02 Å². The third-order valence-corrected chi connectivity index (χ3v) is 5.70. The zero-order valence-electron chi connectivity index (χ0n) is 18.0. The van der Waals surface area contributed by atoms with E-state index in [1.54, 1.807) is 37.3 Å². The molecule has 0 aliphatic carbocycles. The van der Waals surface area contributed by atoms with E-state index < -0.39 is 34.9 Å². The van der Waals surface area contributed by atoms with E-state index >= 15 is 0 Å². The van der Waals surface area contributed by atoms with Crippen LogP contribution in [-0.2, 0) is 7.05 Å². The normalized spacial score (nSPS) is 12.6. The van der Waals surface area contributed by atoms with Gasteiger partial charge in [-0.1, -0.05) is 41.9 Å². The van der Waals surface area contributed by atoms with Gasteiger partial charge in [0, 0.05) is 18.0 Å². The topological polar surface area (TPSA) is 152 Å². The van der Waals surface area contributed by atoms with Crippen LogP contribution >= 0.6 is 11.6 Å². The summed E-state index contributed by atoms with van der Waals surface area (Å²) in [5, 5.41) is 30.6. The summed E-state index contributed by atoms with van der Waals surface area (Å²) in [5.41, 5.74) is -0.150. The molecule has 0 bridgehead atoms. The first-order valence-corrected chi connectivity index (χ1v) is 10.4. The van der Waals surface area contributed by atoms with Crippen molar-refractivity contribution >= 4 is 23.2 Å². The fraction of sp³-hybridized carbons (Fsp3) is 0.182. The van der Waals surface area contributed by atoms with Crippen LogP contribution in [0, 0.1) is 11.3 Å². The van der Waals surface area contributed by atoms with E-state index in [2.05, 4.69) is 31.1 Å². The quantitative estimate of drug-likeness (QED) is 0.428. The lowest BCUT2D eigenvalue weighted by Gasteiger charge is -2.27. The Hall–Kier alpha value is -4.43. The maximum atomic E-state index is 12.8. The van der Waals surface area contributed by atoms with Crippen molar-refractivity contribution in [3.05, 3.63) is 87.1 Å². The van der Waals surface area contributed by atoms with Crippen LogP contribution < -0.4 is 10.9 Å². The number of aromatic hydroxyl groups is 1. The lowest BCUT2D eigenvalue weighted by atomic mass is 9.93. The SMILES string of the molecule is CC(c1nc(C(=O)Nc2cnoc2)c(O)c(=O)n1C)C(c1ccccc1Cl)n1nccc1C#N. The maximum Gasteiger partial charge on any atom is 0.296 e. The second kappa shape index (κ2) is 9.21. The lowest BCUT2D eigenvalue weighted by molar-refractivity contribution is 0.101. The number of carbonyl (C=O) groups is 1. The number of nitrogens with one attached hydrogen (secondary N) is 1. The van der Waals surface area contributed by atoms with Gasteiger partial charge in [0.1, 0.15) is 29.5 Å². The first-order chi connectivity index (χ1) is 16.3. The van der Waals surface area contributed by atoms with E-state index in [0.717, 1.165) is 4.57 Å². The van der Waals surface area contributed by atoms with E-state index in [-0.39, 0.29) is 17.2 Å². The molecule has 1 aromatic carbocycles.